The van der Waals surface area contributed by atoms with Crippen LogP contribution in [0.5, 0.6) is 0 Å². The Morgan fingerprint density at radius 3 is 2.67 bits per heavy atom. The molecule has 0 saturated carbocycles. The van der Waals surface area contributed by atoms with Crippen LogP contribution in [0.25, 0.3) is 11.4 Å². The molecule has 2 aromatic rings. The zero-order valence-corrected chi connectivity index (χ0v) is 13.0. The molecule has 0 radical (unpaired) electrons. The number of aromatic nitrogens is 2. The first kappa shape index (κ1) is 14.0. The minimum atomic E-state index is -0.529. The van der Waals surface area contributed by atoms with E-state index in [0.717, 1.165) is 9.26 Å². The van der Waals surface area contributed by atoms with Crippen molar-refractivity contribution in [1.82, 2.24) is 9.97 Å². The van der Waals surface area contributed by atoms with Gasteiger partial charge in [0.15, 0.2) is 11.6 Å². The number of hydrogen-bond acceptors (Lipinski definition) is 2. The number of benzene rings is 1. The second-order valence-corrected chi connectivity index (χ2v) is 5.40. The zero-order valence-electron chi connectivity index (χ0n) is 9.35. The van der Waals surface area contributed by atoms with Gasteiger partial charge in [-0.2, -0.15) is 0 Å². The van der Waals surface area contributed by atoms with Crippen molar-refractivity contribution in [2.75, 3.05) is 0 Å². The summed E-state index contributed by atoms with van der Waals surface area (Å²) in [6.45, 7) is 1.96. The monoisotopic (exact) mass is 396 g/mol. The van der Waals surface area contributed by atoms with Crippen molar-refractivity contribution < 1.29 is 4.39 Å². The molecule has 0 aliphatic carbocycles. The summed E-state index contributed by atoms with van der Waals surface area (Å²) in [4.78, 5) is 8.42. The standard InChI is InChI=1S/C12H8Cl2FIN2/c1-2-8-10(16)11(14)18-12(17-8)6-4-3-5-7(13)9(6)15/h3-5H,2H2,1H3. The van der Waals surface area contributed by atoms with E-state index in [1.807, 2.05) is 6.92 Å². The molecule has 6 heteroatoms. The van der Waals surface area contributed by atoms with Gasteiger partial charge in [-0.15, -0.1) is 0 Å². The Morgan fingerprint density at radius 1 is 1.28 bits per heavy atom. The highest BCUT2D eigenvalue weighted by Gasteiger charge is 2.15. The van der Waals surface area contributed by atoms with Gasteiger partial charge < -0.3 is 0 Å². The average molecular weight is 397 g/mol. The minimum Gasteiger partial charge on any atom is -0.232 e. The summed E-state index contributed by atoms with van der Waals surface area (Å²) in [6.07, 6.45) is 0.704. The van der Waals surface area contributed by atoms with Crippen molar-refractivity contribution in [1.29, 1.82) is 0 Å². The molecule has 0 N–H and O–H groups in total. The van der Waals surface area contributed by atoms with E-state index in [2.05, 4.69) is 32.6 Å². The van der Waals surface area contributed by atoms with Crippen molar-refractivity contribution in [2.24, 2.45) is 0 Å². The average Bonchev–Trinajstić information content (AvgIpc) is 2.36. The van der Waals surface area contributed by atoms with Crippen LogP contribution in [0, 0.1) is 9.39 Å². The van der Waals surface area contributed by atoms with E-state index in [4.69, 9.17) is 23.2 Å². The molecule has 1 aromatic carbocycles. The molecule has 0 unspecified atom stereocenters. The van der Waals surface area contributed by atoms with Crippen molar-refractivity contribution in [3.8, 4) is 11.4 Å². The van der Waals surface area contributed by atoms with E-state index >= 15 is 0 Å². The van der Waals surface area contributed by atoms with E-state index in [1.54, 1.807) is 12.1 Å². The van der Waals surface area contributed by atoms with Gasteiger partial charge in [-0.25, -0.2) is 14.4 Å². The van der Waals surface area contributed by atoms with Crippen molar-refractivity contribution >= 4 is 45.8 Å². The fourth-order valence-corrected chi connectivity index (χ4v) is 2.48. The van der Waals surface area contributed by atoms with Crippen LogP contribution in [-0.2, 0) is 6.42 Å². The minimum absolute atomic E-state index is 0.0452. The molecule has 0 aliphatic heterocycles. The lowest BCUT2D eigenvalue weighted by atomic mass is 10.2. The normalized spacial score (nSPS) is 10.7. The van der Waals surface area contributed by atoms with E-state index in [1.165, 1.54) is 6.07 Å². The fraction of sp³-hybridized carbons (Fsp3) is 0.167. The Bertz CT molecular complexity index is 605. The topological polar surface area (TPSA) is 25.8 Å². The number of nitrogens with zero attached hydrogens (tertiary/aromatic N) is 2. The molecule has 94 valence electrons. The molecule has 0 bridgehead atoms. The molecular formula is C12H8Cl2FIN2. The van der Waals surface area contributed by atoms with Crippen LogP contribution >= 0.6 is 45.8 Å². The Labute approximate surface area is 128 Å². The molecule has 2 nitrogen and oxygen atoms in total. The number of aryl methyl sites for hydroxylation is 1. The summed E-state index contributed by atoms with van der Waals surface area (Å²) in [5.41, 5.74) is 1.06. The Balaban J connectivity index is 2.64. The van der Waals surface area contributed by atoms with Crippen LogP contribution in [0.1, 0.15) is 12.6 Å². The molecule has 0 spiro atoms. The lowest BCUT2D eigenvalue weighted by Gasteiger charge is -2.08. The highest BCUT2D eigenvalue weighted by Crippen LogP contribution is 2.28. The van der Waals surface area contributed by atoms with Crippen LogP contribution in [-0.4, -0.2) is 9.97 Å². The molecule has 1 aromatic heterocycles. The predicted molar refractivity (Wildman–Crippen MR) is 79.5 cm³/mol. The van der Waals surface area contributed by atoms with Crippen LogP contribution in [0.4, 0.5) is 4.39 Å². The molecule has 0 amide bonds. The summed E-state index contributed by atoms with van der Waals surface area (Å²) in [6, 6.07) is 4.72. The van der Waals surface area contributed by atoms with E-state index in [0.29, 0.717) is 11.6 Å². The highest BCUT2D eigenvalue weighted by molar-refractivity contribution is 14.1. The van der Waals surface area contributed by atoms with Gasteiger partial charge in [0.25, 0.3) is 0 Å². The molecule has 0 fully saturated rings. The Kier molecular flexibility index (Phi) is 4.40. The lowest BCUT2D eigenvalue weighted by molar-refractivity contribution is 0.630. The van der Waals surface area contributed by atoms with E-state index < -0.39 is 5.82 Å². The van der Waals surface area contributed by atoms with Crippen LogP contribution in [0.3, 0.4) is 0 Å². The predicted octanol–water partition coefficient (Wildman–Crippen LogP) is 4.76. The maximum atomic E-state index is 13.9. The summed E-state index contributed by atoms with van der Waals surface area (Å²) in [7, 11) is 0. The maximum Gasteiger partial charge on any atom is 0.164 e. The fourth-order valence-electron chi connectivity index (χ4n) is 1.49. The van der Waals surface area contributed by atoms with Gasteiger partial charge in [0.2, 0.25) is 0 Å². The van der Waals surface area contributed by atoms with Gasteiger partial charge in [-0.3, -0.25) is 0 Å². The lowest BCUT2D eigenvalue weighted by Crippen LogP contribution is -2.01. The van der Waals surface area contributed by atoms with E-state index in [-0.39, 0.29) is 16.4 Å². The highest BCUT2D eigenvalue weighted by atomic mass is 127. The third-order valence-corrected chi connectivity index (χ3v) is 4.42. The molecule has 18 heavy (non-hydrogen) atoms. The summed E-state index contributed by atoms with van der Waals surface area (Å²) < 4.78 is 14.7. The van der Waals surface area contributed by atoms with Crippen LogP contribution in [0.15, 0.2) is 18.2 Å². The molecule has 2 rings (SSSR count). The number of hydrogen-bond donors (Lipinski definition) is 0. The Morgan fingerprint density at radius 2 is 2.00 bits per heavy atom. The molecular weight excluding hydrogens is 389 g/mol. The van der Waals surface area contributed by atoms with Crippen LogP contribution < -0.4 is 0 Å². The second-order valence-electron chi connectivity index (χ2n) is 3.55. The zero-order chi connectivity index (χ0) is 13.3. The van der Waals surface area contributed by atoms with Crippen LogP contribution in [0.2, 0.25) is 10.2 Å². The first-order valence-corrected chi connectivity index (χ1v) is 7.04. The quantitative estimate of drug-likeness (QED) is 0.540. The van der Waals surface area contributed by atoms with Gasteiger partial charge in [-0.05, 0) is 41.1 Å². The first-order valence-electron chi connectivity index (χ1n) is 5.21. The van der Waals surface area contributed by atoms with E-state index in [9.17, 15) is 4.39 Å². The van der Waals surface area contributed by atoms with Gasteiger partial charge in [0.1, 0.15) is 5.15 Å². The van der Waals surface area contributed by atoms with Crippen molar-refractivity contribution in [3.05, 3.63) is 43.5 Å². The van der Waals surface area contributed by atoms with Gasteiger partial charge in [-0.1, -0.05) is 36.2 Å². The number of halogens is 4. The largest absolute Gasteiger partial charge is 0.232 e. The molecule has 0 aliphatic rings. The van der Waals surface area contributed by atoms with Gasteiger partial charge >= 0.3 is 0 Å². The first-order chi connectivity index (χ1) is 8.54. The molecule has 0 atom stereocenters. The smallest absolute Gasteiger partial charge is 0.164 e. The SMILES string of the molecule is CCc1nc(-c2cccc(Cl)c2F)nc(Cl)c1I. The maximum absolute atomic E-state index is 13.9. The van der Waals surface area contributed by atoms with Crippen molar-refractivity contribution in [2.45, 2.75) is 13.3 Å². The van der Waals surface area contributed by atoms with Gasteiger partial charge in [0.05, 0.1) is 19.9 Å². The Hall–Kier alpha value is -0.460. The third-order valence-electron chi connectivity index (χ3n) is 2.41. The third kappa shape index (κ3) is 2.60. The molecule has 0 saturated heterocycles. The van der Waals surface area contributed by atoms with Gasteiger partial charge in [0, 0.05) is 0 Å². The van der Waals surface area contributed by atoms with Crippen molar-refractivity contribution in [3.63, 3.8) is 0 Å². The summed E-state index contributed by atoms with van der Waals surface area (Å²) in [5.74, 6) is -0.268. The summed E-state index contributed by atoms with van der Waals surface area (Å²) >= 11 is 13.8. The second kappa shape index (κ2) is 5.67. The number of rotatable bonds is 2. The summed E-state index contributed by atoms with van der Waals surface area (Å²) in [5, 5.41) is 0.376. The molecule has 1 heterocycles.